The second-order valence-electron chi connectivity index (χ2n) is 5.74. The number of rotatable bonds is 4. The quantitative estimate of drug-likeness (QED) is 0.821. The molecule has 2 heterocycles. The van der Waals surface area contributed by atoms with Gasteiger partial charge >= 0.3 is 0 Å². The van der Waals surface area contributed by atoms with E-state index in [9.17, 15) is 17.6 Å². The van der Waals surface area contributed by atoms with Crippen LogP contribution in [0.1, 0.15) is 5.56 Å². The lowest BCUT2D eigenvalue weighted by Crippen LogP contribution is -2.50. The van der Waals surface area contributed by atoms with E-state index in [0.29, 0.717) is 5.56 Å². The second-order valence-corrected chi connectivity index (χ2v) is 7.68. The van der Waals surface area contributed by atoms with Crippen molar-refractivity contribution in [2.24, 2.45) is 0 Å². The largest absolute Gasteiger partial charge is 0.340 e. The van der Waals surface area contributed by atoms with Crippen LogP contribution < -0.4 is 0 Å². The van der Waals surface area contributed by atoms with Crippen LogP contribution in [0, 0.1) is 5.82 Å². The van der Waals surface area contributed by atoms with Crippen molar-refractivity contribution in [3.8, 4) is 0 Å². The van der Waals surface area contributed by atoms with E-state index in [4.69, 9.17) is 0 Å². The first-order valence-electron chi connectivity index (χ1n) is 7.90. The Morgan fingerprint density at radius 3 is 2.44 bits per heavy atom. The van der Waals surface area contributed by atoms with Gasteiger partial charge in [0.15, 0.2) is 0 Å². The number of carbonyl (C=O) groups excluding carboxylic acids is 1. The van der Waals surface area contributed by atoms with Crippen LogP contribution in [0.2, 0.25) is 0 Å². The van der Waals surface area contributed by atoms with Crippen LogP contribution in [0.3, 0.4) is 0 Å². The number of aromatic nitrogens is 1. The minimum atomic E-state index is -3.60. The Kier molecular flexibility index (Phi) is 5.10. The Morgan fingerprint density at radius 1 is 1.08 bits per heavy atom. The number of hydrogen-bond acceptors (Lipinski definition) is 4. The Hall–Kier alpha value is -2.32. The van der Waals surface area contributed by atoms with Crippen LogP contribution in [0.5, 0.6) is 0 Å². The summed E-state index contributed by atoms with van der Waals surface area (Å²) in [6.07, 6.45) is 2.80. The van der Waals surface area contributed by atoms with E-state index in [2.05, 4.69) is 4.98 Å². The highest BCUT2D eigenvalue weighted by molar-refractivity contribution is 7.89. The summed E-state index contributed by atoms with van der Waals surface area (Å²) in [5.74, 6) is -0.614. The highest BCUT2D eigenvalue weighted by Gasteiger charge is 2.30. The van der Waals surface area contributed by atoms with Gasteiger partial charge in [0.2, 0.25) is 15.9 Å². The smallest absolute Gasteiger partial charge is 0.244 e. The molecule has 25 heavy (non-hydrogen) atoms. The fourth-order valence-corrected chi connectivity index (χ4v) is 4.13. The standard InChI is InChI=1S/C17H18FN3O3S/c18-16-6-2-1-4-14(16)12-17(22)20-8-10-21(11-9-20)25(23,24)15-5-3-7-19-13-15/h1-7,13H,8-12H2. The van der Waals surface area contributed by atoms with Gasteiger partial charge in [-0.1, -0.05) is 18.2 Å². The van der Waals surface area contributed by atoms with Crippen LogP contribution in [0.25, 0.3) is 0 Å². The van der Waals surface area contributed by atoms with Crippen molar-refractivity contribution in [3.05, 3.63) is 60.2 Å². The molecule has 1 aromatic heterocycles. The van der Waals surface area contributed by atoms with E-state index in [1.165, 1.54) is 28.8 Å². The van der Waals surface area contributed by atoms with Gasteiger partial charge in [-0.15, -0.1) is 0 Å². The number of nitrogens with zero attached hydrogens (tertiary/aromatic N) is 3. The summed E-state index contributed by atoms with van der Waals surface area (Å²) in [5.41, 5.74) is 0.345. The summed E-state index contributed by atoms with van der Waals surface area (Å²) < 4.78 is 40.1. The third-order valence-electron chi connectivity index (χ3n) is 4.16. The molecule has 6 nitrogen and oxygen atoms in total. The molecule has 2 aromatic rings. The van der Waals surface area contributed by atoms with Crippen molar-refractivity contribution >= 4 is 15.9 Å². The summed E-state index contributed by atoms with van der Waals surface area (Å²) in [6, 6.07) is 9.23. The van der Waals surface area contributed by atoms with E-state index in [1.807, 2.05) is 0 Å². The molecule has 1 aliphatic heterocycles. The van der Waals surface area contributed by atoms with Gasteiger partial charge in [0.05, 0.1) is 6.42 Å². The monoisotopic (exact) mass is 363 g/mol. The van der Waals surface area contributed by atoms with Crippen molar-refractivity contribution in [2.75, 3.05) is 26.2 Å². The predicted octanol–water partition coefficient (Wildman–Crippen LogP) is 1.30. The summed E-state index contributed by atoms with van der Waals surface area (Å²) >= 11 is 0. The Labute approximate surface area is 145 Å². The number of pyridine rings is 1. The van der Waals surface area contributed by atoms with Crippen molar-refractivity contribution in [1.29, 1.82) is 0 Å². The average Bonchev–Trinajstić information content (AvgIpc) is 2.64. The minimum Gasteiger partial charge on any atom is -0.340 e. The van der Waals surface area contributed by atoms with Gasteiger partial charge in [0, 0.05) is 38.6 Å². The van der Waals surface area contributed by atoms with Gasteiger partial charge in [-0.2, -0.15) is 4.31 Å². The summed E-state index contributed by atoms with van der Waals surface area (Å²) in [4.78, 5) is 17.9. The lowest BCUT2D eigenvalue weighted by atomic mass is 10.1. The number of halogens is 1. The summed E-state index contributed by atoms with van der Waals surface area (Å²) in [5, 5.41) is 0. The molecular formula is C17H18FN3O3S. The van der Waals surface area contributed by atoms with Crippen LogP contribution in [0.4, 0.5) is 4.39 Å². The molecule has 1 amide bonds. The topological polar surface area (TPSA) is 70.6 Å². The third kappa shape index (κ3) is 3.85. The summed E-state index contributed by atoms with van der Waals surface area (Å²) in [7, 11) is -3.60. The van der Waals surface area contributed by atoms with Crippen molar-refractivity contribution < 1.29 is 17.6 Å². The van der Waals surface area contributed by atoms with Gasteiger partial charge in [-0.05, 0) is 23.8 Å². The second kappa shape index (κ2) is 7.28. The van der Waals surface area contributed by atoms with Gasteiger partial charge in [-0.25, -0.2) is 12.8 Å². The van der Waals surface area contributed by atoms with Gasteiger partial charge in [0.25, 0.3) is 0 Å². The predicted molar refractivity (Wildman–Crippen MR) is 89.7 cm³/mol. The maximum Gasteiger partial charge on any atom is 0.244 e. The van der Waals surface area contributed by atoms with Gasteiger partial charge in [-0.3, -0.25) is 9.78 Å². The molecule has 0 radical (unpaired) electrons. The van der Waals surface area contributed by atoms with Crippen molar-refractivity contribution in [2.45, 2.75) is 11.3 Å². The molecule has 0 bridgehead atoms. The molecule has 0 atom stereocenters. The highest BCUT2D eigenvalue weighted by Crippen LogP contribution is 2.17. The van der Waals surface area contributed by atoms with E-state index in [0.717, 1.165) is 0 Å². The molecule has 8 heteroatoms. The zero-order valence-corrected chi connectivity index (χ0v) is 14.3. The zero-order chi connectivity index (χ0) is 17.9. The molecule has 1 aromatic carbocycles. The Bertz CT molecular complexity index is 850. The van der Waals surface area contributed by atoms with E-state index in [1.54, 1.807) is 29.2 Å². The molecule has 0 saturated carbocycles. The van der Waals surface area contributed by atoms with Crippen LogP contribution in [-0.2, 0) is 21.2 Å². The third-order valence-corrected chi connectivity index (χ3v) is 6.05. The fraction of sp³-hybridized carbons (Fsp3) is 0.294. The molecule has 0 N–H and O–H groups in total. The Morgan fingerprint density at radius 2 is 1.80 bits per heavy atom. The minimum absolute atomic E-state index is 0.0258. The van der Waals surface area contributed by atoms with E-state index >= 15 is 0 Å². The zero-order valence-electron chi connectivity index (χ0n) is 13.5. The lowest BCUT2D eigenvalue weighted by Gasteiger charge is -2.34. The van der Waals surface area contributed by atoms with E-state index in [-0.39, 0.29) is 43.4 Å². The highest BCUT2D eigenvalue weighted by atomic mass is 32.2. The van der Waals surface area contributed by atoms with Crippen LogP contribution >= 0.6 is 0 Å². The van der Waals surface area contributed by atoms with Gasteiger partial charge < -0.3 is 4.90 Å². The fourth-order valence-electron chi connectivity index (χ4n) is 2.74. The van der Waals surface area contributed by atoms with E-state index < -0.39 is 15.8 Å². The number of carbonyl (C=O) groups is 1. The first-order valence-corrected chi connectivity index (χ1v) is 9.34. The van der Waals surface area contributed by atoms with Crippen LogP contribution in [0.15, 0.2) is 53.7 Å². The maximum atomic E-state index is 13.7. The van der Waals surface area contributed by atoms with Crippen molar-refractivity contribution in [1.82, 2.24) is 14.2 Å². The molecule has 1 saturated heterocycles. The first kappa shape index (κ1) is 17.5. The maximum absolute atomic E-state index is 13.7. The van der Waals surface area contributed by atoms with Gasteiger partial charge in [0.1, 0.15) is 10.7 Å². The molecular weight excluding hydrogens is 345 g/mol. The molecule has 0 aliphatic carbocycles. The number of piperazine rings is 1. The first-order chi connectivity index (χ1) is 12.0. The normalized spacial score (nSPS) is 16.0. The average molecular weight is 363 g/mol. The number of amides is 1. The molecule has 1 aliphatic rings. The molecule has 0 spiro atoms. The lowest BCUT2D eigenvalue weighted by molar-refractivity contribution is -0.131. The molecule has 3 rings (SSSR count). The number of sulfonamides is 1. The number of hydrogen-bond donors (Lipinski definition) is 0. The number of benzene rings is 1. The SMILES string of the molecule is O=C(Cc1ccccc1F)N1CCN(S(=O)(=O)c2cccnc2)CC1. The van der Waals surface area contributed by atoms with Crippen molar-refractivity contribution in [3.63, 3.8) is 0 Å². The summed E-state index contributed by atoms with van der Waals surface area (Å²) in [6.45, 7) is 0.986. The Balaban J connectivity index is 1.62. The molecule has 1 fully saturated rings. The molecule has 132 valence electrons. The molecule has 0 unspecified atom stereocenters. The van der Waals surface area contributed by atoms with Crippen LogP contribution in [-0.4, -0.2) is 54.7 Å².